The number of ether oxygens (including phenoxy) is 1. The number of alkyl halides is 3. The van der Waals surface area contributed by atoms with Gasteiger partial charge in [-0.2, -0.15) is 11.8 Å². The Kier molecular flexibility index (Phi) is 3.41. The van der Waals surface area contributed by atoms with Crippen molar-refractivity contribution in [3.63, 3.8) is 0 Å². The standard InChI is InChI=1S/C14H15F3O2S/c15-14(16,17)19-12-4-2-1-3-11(12)13(18)7-9-5-6-10(8-13)20-9/h1-4,9-10,18H,5-8H2. The molecule has 2 heterocycles. The van der Waals surface area contributed by atoms with E-state index < -0.39 is 12.0 Å². The summed E-state index contributed by atoms with van der Waals surface area (Å²) in [5.41, 5.74) is -0.951. The van der Waals surface area contributed by atoms with Crippen LogP contribution in [0.3, 0.4) is 0 Å². The molecular formula is C14H15F3O2S. The van der Waals surface area contributed by atoms with Crippen LogP contribution in [-0.2, 0) is 5.60 Å². The van der Waals surface area contributed by atoms with Gasteiger partial charge in [-0.3, -0.25) is 0 Å². The summed E-state index contributed by atoms with van der Waals surface area (Å²) in [6.07, 6.45) is -1.70. The molecule has 0 radical (unpaired) electrons. The van der Waals surface area contributed by atoms with Crippen LogP contribution in [0.2, 0.25) is 0 Å². The second kappa shape index (κ2) is 4.84. The molecule has 1 N–H and O–H groups in total. The molecule has 2 bridgehead atoms. The summed E-state index contributed by atoms with van der Waals surface area (Å²) in [6.45, 7) is 0. The van der Waals surface area contributed by atoms with E-state index in [1.807, 2.05) is 11.8 Å². The Labute approximate surface area is 119 Å². The minimum absolute atomic E-state index is 0.259. The first-order valence-electron chi connectivity index (χ1n) is 6.59. The highest BCUT2D eigenvalue weighted by atomic mass is 32.2. The SMILES string of the molecule is OC1(c2ccccc2OC(F)(F)F)CC2CCC(C1)S2. The van der Waals surface area contributed by atoms with E-state index >= 15 is 0 Å². The number of benzene rings is 1. The summed E-state index contributed by atoms with van der Waals surface area (Å²) in [5.74, 6) is -0.284. The second-order valence-corrected chi connectivity index (χ2v) is 7.05. The molecule has 0 saturated carbocycles. The number of rotatable bonds is 2. The van der Waals surface area contributed by atoms with E-state index in [2.05, 4.69) is 4.74 Å². The first-order valence-corrected chi connectivity index (χ1v) is 7.53. The first-order chi connectivity index (χ1) is 9.36. The lowest BCUT2D eigenvalue weighted by molar-refractivity contribution is -0.275. The van der Waals surface area contributed by atoms with Gasteiger partial charge in [0.05, 0.1) is 5.60 Å². The van der Waals surface area contributed by atoms with Crippen LogP contribution in [-0.4, -0.2) is 22.0 Å². The van der Waals surface area contributed by atoms with Gasteiger partial charge in [0.1, 0.15) is 5.75 Å². The fourth-order valence-corrected chi connectivity index (χ4v) is 5.03. The maximum Gasteiger partial charge on any atom is 0.573 e. The van der Waals surface area contributed by atoms with E-state index in [0.29, 0.717) is 23.3 Å². The Hall–Kier alpha value is -0.880. The summed E-state index contributed by atoms with van der Waals surface area (Å²) in [6, 6.07) is 5.93. The van der Waals surface area contributed by atoms with Gasteiger partial charge in [-0.05, 0) is 31.7 Å². The fraction of sp³-hybridized carbons (Fsp3) is 0.571. The van der Waals surface area contributed by atoms with Crippen molar-refractivity contribution in [2.45, 2.75) is 48.1 Å². The van der Waals surface area contributed by atoms with E-state index in [-0.39, 0.29) is 11.3 Å². The van der Waals surface area contributed by atoms with Gasteiger partial charge < -0.3 is 9.84 Å². The largest absolute Gasteiger partial charge is 0.573 e. The third-order valence-corrected chi connectivity index (χ3v) is 5.51. The van der Waals surface area contributed by atoms with E-state index in [1.54, 1.807) is 6.07 Å². The molecule has 1 aromatic carbocycles. The highest BCUT2D eigenvalue weighted by molar-refractivity contribution is 8.00. The molecule has 2 saturated heterocycles. The Bertz CT molecular complexity index is 491. The van der Waals surface area contributed by atoms with Gasteiger partial charge in [-0.1, -0.05) is 18.2 Å². The van der Waals surface area contributed by atoms with Crippen LogP contribution < -0.4 is 4.74 Å². The number of hydrogen-bond acceptors (Lipinski definition) is 3. The van der Waals surface area contributed by atoms with Crippen molar-refractivity contribution in [3.8, 4) is 5.75 Å². The van der Waals surface area contributed by atoms with E-state index in [9.17, 15) is 18.3 Å². The average molecular weight is 304 g/mol. The molecule has 2 fully saturated rings. The summed E-state index contributed by atoms with van der Waals surface area (Å²) in [4.78, 5) is 0. The monoisotopic (exact) mass is 304 g/mol. The number of hydrogen-bond donors (Lipinski definition) is 1. The second-order valence-electron chi connectivity index (χ2n) is 5.44. The normalized spacial score (nSPS) is 33.2. The number of thioether (sulfide) groups is 1. The molecule has 1 aromatic rings. The van der Waals surface area contributed by atoms with Gasteiger partial charge >= 0.3 is 6.36 Å². The summed E-state index contributed by atoms with van der Waals surface area (Å²) >= 11 is 1.85. The van der Waals surface area contributed by atoms with Crippen LogP contribution in [0.1, 0.15) is 31.2 Å². The van der Waals surface area contributed by atoms with Gasteiger partial charge in [-0.15, -0.1) is 13.2 Å². The Morgan fingerprint density at radius 3 is 2.35 bits per heavy atom. The van der Waals surface area contributed by atoms with Crippen molar-refractivity contribution in [1.82, 2.24) is 0 Å². The lowest BCUT2D eigenvalue weighted by atomic mass is 9.85. The molecule has 0 spiro atoms. The van der Waals surface area contributed by atoms with Crippen LogP contribution in [0.15, 0.2) is 24.3 Å². The summed E-state index contributed by atoms with van der Waals surface area (Å²) in [7, 11) is 0. The fourth-order valence-electron chi connectivity index (χ4n) is 3.20. The molecule has 0 amide bonds. The zero-order chi connectivity index (χ0) is 14.4. The highest BCUT2D eigenvalue weighted by Crippen LogP contribution is 2.52. The van der Waals surface area contributed by atoms with Crippen LogP contribution in [0, 0.1) is 0 Å². The van der Waals surface area contributed by atoms with Crippen LogP contribution in [0.25, 0.3) is 0 Å². The molecule has 2 aliphatic heterocycles. The first kappa shape index (κ1) is 14.1. The predicted molar refractivity (Wildman–Crippen MR) is 70.7 cm³/mol. The number of fused-ring (bicyclic) bond motifs is 2. The molecule has 2 atom stereocenters. The highest BCUT2D eigenvalue weighted by Gasteiger charge is 2.46. The maximum absolute atomic E-state index is 12.5. The van der Waals surface area contributed by atoms with Gasteiger partial charge in [0, 0.05) is 16.1 Å². The lowest BCUT2D eigenvalue weighted by Gasteiger charge is -2.37. The van der Waals surface area contributed by atoms with Crippen molar-refractivity contribution in [1.29, 1.82) is 0 Å². The van der Waals surface area contributed by atoms with Crippen LogP contribution in [0.4, 0.5) is 13.2 Å². The molecule has 0 aliphatic carbocycles. The average Bonchev–Trinajstić information content (AvgIpc) is 2.68. The van der Waals surface area contributed by atoms with Gasteiger partial charge in [0.15, 0.2) is 0 Å². The topological polar surface area (TPSA) is 29.5 Å². The zero-order valence-corrected chi connectivity index (χ0v) is 11.5. The molecule has 2 unspecified atom stereocenters. The molecule has 20 heavy (non-hydrogen) atoms. The van der Waals surface area contributed by atoms with Crippen molar-refractivity contribution in [2.24, 2.45) is 0 Å². The third-order valence-electron chi connectivity index (χ3n) is 3.94. The van der Waals surface area contributed by atoms with E-state index in [1.165, 1.54) is 18.2 Å². The van der Waals surface area contributed by atoms with E-state index in [4.69, 9.17) is 0 Å². The maximum atomic E-state index is 12.5. The van der Waals surface area contributed by atoms with Crippen LogP contribution >= 0.6 is 11.8 Å². The lowest BCUT2D eigenvalue weighted by Crippen LogP contribution is -2.35. The Morgan fingerprint density at radius 2 is 1.75 bits per heavy atom. The van der Waals surface area contributed by atoms with Gasteiger partial charge in [-0.25, -0.2) is 0 Å². The van der Waals surface area contributed by atoms with Crippen molar-refractivity contribution in [3.05, 3.63) is 29.8 Å². The molecule has 2 aliphatic rings. The summed E-state index contributed by atoms with van der Waals surface area (Å²) in [5, 5.41) is 11.5. The quantitative estimate of drug-likeness (QED) is 0.900. The minimum atomic E-state index is -4.74. The molecule has 2 nitrogen and oxygen atoms in total. The molecular weight excluding hydrogens is 289 g/mol. The minimum Gasteiger partial charge on any atom is -0.405 e. The van der Waals surface area contributed by atoms with Crippen molar-refractivity contribution < 1.29 is 23.0 Å². The number of aliphatic hydroxyl groups is 1. The number of para-hydroxylation sites is 1. The Morgan fingerprint density at radius 1 is 1.15 bits per heavy atom. The van der Waals surface area contributed by atoms with Crippen LogP contribution in [0.5, 0.6) is 5.75 Å². The Balaban J connectivity index is 1.93. The molecule has 6 heteroatoms. The summed E-state index contributed by atoms with van der Waals surface area (Å²) < 4.78 is 41.5. The predicted octanol–water partition coefficient (Wildman–Crippen LogP) is 3.83. The zero-order valence-electron chi connectivity index (χ0n) is 10.7. The molecule has 3 rings (SSSR count). The number of halogens is 3. The van der Waals surface area contributed by atoms with Gasteiger partial charge in [0.25, 0.3) is 0 Å². The van der Waals surface area contributed by atoms with Crippen molar-refractivity contribution in [2.75, 3.05) is 0 Å². The third kappa shape index (κ3) is 2.76. The van der Waals surface area contributed by atoms with Gasteiger partial charge in [0.2, 0.25) is 0 Å². The van der Waals surface area contributed by atoms with E-state index in [0.717, 1.165) is 12.8 Å². The smallest absolute Gasteiger partial charge is 0.405 e. The molecule has 110 valence electrons. The molecule has 0 aromatic heterocycles. The van der Waals surface area contributed by atoms with Crippen molar-refractivity contribution >= 4 is 11.8 Å².